The molecule has 1 heteroatoms. The van der Waals surface area contributed by atoms with E-state index in [-0.39, 0.29) is 11.7 Å². The van der Waals surface area contributed by atoms with Gasteiger partial charge in [0.2, 0.25) is 0 Å². The smallest absolute Gasteiger partial charge is 0.106 e. The van der Waals surface area contributed by atoms with Crippen LogP contribution in [-0.4, -0.2) is 11.7 Å². The molecule has 2 unspecified atom stereocenters. The first-order valence-electron chi connectivity index (χ1n) is 6.51. The molecule has 0 aromatic carbocycles. The van der Waals surface area contributed by atoms with Crippen LogP contribution in [0.4, 0.5) is 0 Å². The topological polar surface area (TPSA) is 12.5 Å². The van der Waals surface area contributed by atoms with Crippen molar-refractivity contribution in [2.75, 3.05) is 0 Å². The summed E-state index contributed by atoms with van der Waals surface area (Å²) < 4.78 is 5.64. The molecule has 1 aliphatic rings. The second-order valence-corrected chi connectivity index (χ2v) is 4.85. The Morgan fingerprint density at radius 3 is 2.62 bits per heavy atom. The van der Waals surface area contributed by atoms with E-state index in [1.165, 1.54) is 25.7 Å². The molecule has 1 rings (SSSR count). The van der Waals surface area contributed by atoms with Crippen LogP contribution in [0.1, 0.15) is 59.3 Å². The molecule has 1 saturated heterocycles. The van der Waals surface area contributed by atoms with Gasteiger partial charge in [-0.15, -0.1) is 6.42 Å². The van der Waals surface area contributed by atoms with E-state index in [0.29, 0.717) is 0 Å². The maximum atomic E-state index is 5.64. The molecule has 0 aromatic heterocycles. The summed E-state index contributed by atoms with van der Waals surface area (Å²) in [4.78, 5) is 0. The van der Waals surface area contributed by atoms with Gasteiger partial charge in [-0.1, -0.05) is 39.0 Å². The van der Waals surface area contributed by atoms with Gasteiger partial charge >= 0.3 is 0 Å². The van der Waals surface area contributed by atoms with Crippen LogP contribution in [0.15, 0.2) is 11.6 Å². The van der Waals surface area contributed by atoms with E-state index >= 15 is 0 Å². The zero-order valence-electron chi connectivity index (χ0n) is 10.9. The number of allylic oxidation sites excluding steroid dienone is 1. The summed E-state index contributed by atoms with van der Waals surface area (Å²) in [5, 5.41) is 0. The van der Waals surface area contributed by atoms with E-state index in [4.69, 9.17) is 11.2 Å². The second-order valence-electron chi connectivity index (χ2n) is 4.85. The van der Waals surface area contributed by atoms with Crippen molar-refractivity contribution in [1.82, 2.24) is 0 Å². The molecule has 1 heterocycles. The molecule has 2 atom stereocenters. The lowest BCUT2D eigenvalue weighted by atomic mass is 10.0. The Morgan fingerprint density at radius 1 is 1.38 bits per heavy atom. The molecule has 1 nitrogen and oxygen atoms in total. The van der Waals surface area contributed by atoms with Crippen LogP contribution in [0.25, 0.3) is 0 Å². The minimum Gasteiger partial charge on any atom is -0.362 e. The lowest BCUT2D eigenvalue weighted by molar-refractivity contribution is 0.309. The van der Waals surface area contributed by atoms with Gasteiger partial charge in [-0.2, -0.15) is 0 Å². The first-order valence-corrected chi connectivity index (χ1v) is 6.51. The maximum absolute atomic E-state index is 5.64. The van der Waals surface area contributed by atoms with Crippen LogP contribution < -0.4 is 0 Å². The Kier molecular flexibility index (Phi) is 5.09. The minimum absolute atomic E-state index is 0.0610. The van der Waals surface area contributed by atoms with Crippen LogP contribution in [-0.2, 0) is 4.74 Å². The van der Waals surface area contributed by atoms with Gasteiger partial charge in [0.15, 0.2) is 0 Å². The number of rotatable bonds is 7. The molecular weight excluding hydrogens is 196 g/mol. The largest absolute Gasteiger partial charge is 0.362 e. The lowest BCUT2D eigenvalue weighted by Crippen LogP contribution is -2.05. The zero-order chi connectivity index (χ0) is 12.0. The zero-order valence-corrected chi connectivity index (χ0v) is 10.9. The van der Waals surface area contributed by atoms with Crippen molar-refractivity contribution < 1.29 is 4.74 Å². The van der Waals surface area contributed by atoms with E-state index in [2.05, 4.69) is 32.8 Å². The summed E-state index contributed by atoms with van der Waals surface area (Å²) in [6.45, 7) is 6.53. The lowest BCUT2D eigenvalue weighted by Gasteiger charge is -2.01. The minimum atomic E-state index is 0.0610. The summed E-state index contributed by atoms with van der Waals surface area (Å²) in [6.07, 6.45) is 15.1. The number of epoxide rings is 1. The molecule has 1 fully saturated rings. The van der Waals surface area contributed by atoms with Gasteiger partial charge < -0.3 is 4.74 Å². The van der Waals surface area contributed by atoms with E-state index in [0.717, 1.165) is 18.4 Å². The maximum Gasteiger partial charge on any atom is 0.106 e. The van der Waals surface area contributed by atoms with E-state index in [1.54, 1.807) is 0 Å². The Balaban J connectivity index is 2.33. The molecule has 0 N–H and O–H groups in total. The summed E-state index contributed by atoms with van der Waals surface area (Å²) in [5.41, 5.74) is 1.18. The van der Waals surface area contributed by atoms with Gasteiger partial charge in [-0.05, 0) is 32.3 Å². The molecule has 0 saturated carbocycles. The van der Waals surface area contributed by atoms with Crippen molar-refractivity contribution in [3.63, 3.8) is 0 Å². The summed E-state index contributed by atoms with van der Waals surface area (Å²) >= 11 is 0. The summed E-state index contributed by atoms with van der Waals surface area (Å²) in [5.74, 6) is 2.79. The van der Waals surface area contributed by atoms with Crippen LogP contribution >= 0.6 is 0 Å². The fraction of sp³-hybridized carbons (Fsp3) is 0.733. The SMILES string of the molecule is C#C/C(=C\C1OC1(C)CC)CCCCCC. The quantitative estimate of drug-likeness (QED) is 0.358. The van der Waals surface area contributed by atoms with E-state index in [1.807, 2.05) is 0 Å². The van der Waals surface area contributed by atoms with Crippen molar-refractivity contribution in [2.24, 2.45) is 0 Å². The third-order valence-electron chi connectivity index (χ3n) is 3.48. The van der Waals surface area contributed by atoms with Crippen molar-refractivity contribution in [1.29, 1.82) is 0 Å². The molecule has 0 radical (unpaired) electrons. The van der Waals surface area contributed by atoms with Gasteiger partial charge in [0.25, 0.3) is 0 Å². The summed E-state index contributed by atoms with van der Waals surface area (Å²) in [6, 6.07) is 0. The Hall–Kier alpha value is -0.740. The van der Waals surface area contributed by atoms with E-state index < -0.39 is 0 Å². The highest BCUT2D eigenvalue weighted by molar-refractivity contribution is 5.29. The number of terminal acetylenes is 1. The van der Waals surface area contributed by atoms with Gasteiger partial charge in [0.05, 0.1) is 5.60 Å². The normalized spacial score (nSPS) is 28.9. The standard InChI is InChI=1S/C15H24O/c1-5-8-9-10-11-13(6-2)12-14-15(4,7-3)16-14/h2,12,14H,5,7-11H2,1,3-4H3/b13-12+. The molecule has 90 valence electrons. The van der Waals surface area contributed by atoms with Crippen molar-refractivity contribution in [3.05, 3.63) is 11.6 Å². The second kappa shape index (κ2) is 6.11. The molecule has 0 aromatic rings. The van der Waals surface area contributed by atoms with Crippen molar-refractivity contribution in [2.45, 2.75) is 71.0 Å². The highest BCUT2D eigenvalue weighted by atomic mass is 16.6. The third kappa shape index (κ3) is 3.68. The molecule has 16 heavy (non-hydrogen) atoms. The Labute approximate surface area is 100 Å². The van der Waals surface area contributed by atoms with Gasteiger partial charge in [0.1, 0.15) is 6.10 Å². The van der Waals surface area contributed by atoms with Crippen LogP contribution in [0.5, 0.6) is 0 Å². The first kappa shape index (κ1) is 13.3. The average molecular weight is 220 g/mol. The number of unbranched alkanes of at least 4 members (excludes halogenated alkanes) is 3. The number of ether oxygens (including phenoxy) is 1. The van der Waals surface area contributed by atoms with Crippen LogP contribution in [0.2, 0.25) is 0 Å². The third-order valence-corrected chi connectivity index (χ3v) is 3.48. The molecule has 0 amide bonds. The van der Waals surface area contributed by atoms with Gasteiger partial charge in [0, 0.05) is 5.57 Å². The fourth-order valence-corrected chi connectivity index (χ4v) is 1.88. The molecule has 0 aliphatic carbocycles. The van der Waals surface area contributed by atoms with Crippen molar-refractivity contribution in [3.8, 4) is 12.3 Å². The monoisotopic (exact) mass is 220 g/mol. The highest BCUT2D eigenvalue weighted by Crippen LogP contribution is 2.40. The van der Waals surface area contributed by atoms with Crippen molar-refractivity contribution >= 4 is 0 Å². The molecule has 1 aliphatic heterocycles. The predicted octanol–water partition coefficient (Wildman–Crippen LogP) is 4.08. The number of hydrogen-bond acceptors (Lipinski definition) is 1. The predicted molar refractivity (Wildman–Crippen MR) is 69.2 cm³/mol. The fourth-order valence-electron chi connectivity index (χ4n) is 1.88. The summed E-state index contributed by atoms with van der Waals surface area (Å²) in [7, 11) is 0. The van der Waals surface area contributed by atoms with Crippen LogP contribution in [0.3, 0.4) is 0 Å². The van der Waals surface area contributed by atoms with E-state index in [9.17, 15) is 0 Å². The number of hydrogen-bond donors (Lipinski definition) is 0. The highest BCUT2D eigenvalue weighted by Gasteiger charge is 2.49. The van der Waals surface area contributed by atoms with Gasteiger partial charge in [-0.25, -0.2) is 0 Å². The molecular formula is C15H24O. The molecule has 0 spiro atoms. The van der Waals surface area contributed by atoms with Crippen LogP contribution in [0, 0.1) is 12.3 Å². The Morgan fingerprint density at radius 2 is 2.12 bits per heavy atom. The molecule has 0 bridgehead atoms. The average Bonchev–Trinajstić information content (AvgIpc) is 2.94. The first-order chi connectivity index (χ1) is 7.66. The van der Waals surface area contributed by atoms with Gasteiger partial charge in [-0.3, -0.25) is 0 Å². The Bertz CT molecular complexity index is 284.